The molecule has 0 saturated carbocycles. The Balaban J connectivity index is 1.46. The summed E-state index contributed by atoms with van der Waals surface area (Å²) in [6.45, 7) is 1.19. The monoisotopic (exact) mass is 415 g/mol. The van der Waals surface area contributed by atoms with Crippen molar-refractivity contribution in [3.05, 3.63) is 59.0 Å². The molecule has 2 N–H and O–H groups in total. The molecule has 3 amide bonds. The van der Waals surface area contributed by atoms with Crippen LogP contribution in [0.1, 0.15) is 19.3 Å². The third kappa shape index (κ3) is 3.68. The van der Waals surface area contributed by atoms with Gasteiger partial charge < -0.3 is 10.2 Å². The summed E-state index contributed by atoms with van der Waals surface area (Å²) in [6, 6.07) is 9.33. The van der Waals surface area contributed by atoms with Crippen LogP contribution in [0, 0.1) is 16.5 Å². The number of nitrogens with zero attached hydrogens (tertiary/aromatic N) is 3. The molecule has 2 aromatic rings. The molecule has 156 valence electrons. The molecule has 4 rings (SSSR count). The van der Waals surface area contributed by atoms with Crippen LogP contribution in [-0.2, 0) is 4.79 Å². The van der Waals surface area contributed by atoms with Crippen molar-refractivity contribution in [3.63, 3.8) is 0 Å². The smallest absolute Gasteiger partial charge is 0.341 e. The van der Waals surface area contributed by atoms with Crippen LogP contribution >= 0.6 is 0 Å². The van der Waals surface area contributed by atoms with Crippen molar-refractivity contribution in [2.75, 3.05) is 23.3 Å². The van der Waals surface area contributed by atoms with Crippen LogP contribution in [0.3, 0.4) is 0 Å². The highest BCUT2D eigenvalue weighted by Crippen LogP contribution is 2.37. The van der Waals surface area contributed by atoms with E-state index in [2.05, 4.69) is 20.8 Å². The van der Waals surface area contributed by atoms with Crippen LogP contribution in [-0.4, -0.2) is 35.6 Å². The molecule has 2 heterocycles. The molecule has 0 radical (unpaired) electrons. The van der Waals surface area contributed by atoms with Crippen molar-refractivity contribution in [1.82, 2.24) is 10.4 Å². The van der Waals surface area contributed by atoms with Gasteiger partial charge in [0.1, 0.15) is 5.69 Å². The van der Waals surface area contributed by atoms with Crippen LogP contribution in [0.4, 0.5) is 30.6 Å². The van der Waals surface area contributed by atoms with E-state index in [1.165, 1.54) is 11.1 Å². The van der Waals surface area contributed by atoms with Gasteiger partial charge in [-0.2, -0.15) is 0 Å². The molecule has 8 nitrogen and oxygen atoms in total. The first-order valence-electron chi connectivity index (χ1n) is 9.44. The maximum Gasteiger partial charge on any atom is 0.341 e. The fourth-order valence-corrected chi connectivity index (χ4v) is 3.99. The van der Waals surface area contributed by atoms with E-state index in [0.29, 0.717) is 31.6 Å². The summed E-state index contributed by atoms with van der Waals surface area (Å²) in [4.78, 5) is 37.6. The zero-order valence-electron chi connectivity index (χ0n) is 15.9. The molecular formula is C20H19F2N5O3. The Kier molecular flexibility index (Phi) is 5.06. The van der Waals surface area contributed by atoms with Crippen LogP contribution in [0.25, 0.3) is 0 Å². The van der Waals surface area contributed by atoms with Gasteiger partial charge in [0.25, 0.3) is 0 Å². The summed E-state index contributed by atoms with van der Waals surface area (Å²) in [7, 11) is 0. The second-order valence-electron chi connectivity index (χ2n) is 7.43. The number of anilines is 2. The van der Waals surface area contributed by atoms with E-state index in [1.807, 2.05) is 0 Å². The van der Waals surface area contributed by atoms with E-state index >= 15 is 0 Å². The van der Waals surface area contributed by atoms with Crippen LogP contribution in [0.5, 0.6) is 0 Å². The molecule has 0 unspecified atom stereocenters. The topological polar surface area (TPSA) is 94.1 Å². The summed E-state index contributed by atoms with van der Waals surface area (Å²) < 4.78 is 26.5. The van der Waals surface area contributed by atoms with Gasteiger partial charge >= 0.3 is 6.03 Å². The summed E-state index contributed by atoms with van der Waals surface area (Å²) >= 11 is 0. The van der Waals surface area contributed by atoms with Gasteiger partial charge in [0, 0.05) is 30.5 Å². The third-order valence-electron chi connectivity index (χ3n) is 5.59. The maximum atomic E-state index is 13.4. The number of carbonyl (C=O) groups excluding carboxylic acids is 2. The number of benzene rings is 2. The molecule has 2 aliphatic heterocycles. The number of nitrogens with one attached hydrogen (secondary N) is 2. The molecule has 2 saturated heterocycles. The van der Waals surface area contributed by atoms with Crippen molar-refractivity contribution in [1.29, 1.82) is 0 Å². The molecule has 1 spiro atoms. The average Bonchev–Trinajstić information content (AvgIpc) is 3.07. The molecule has 0 atom stereocenters. The number of nitroso groups, excluding NO2 is 1. The Morgan fingerprint density at radius 1 is 1.07 bits per heavy atom. The van der Waals surface area contributed by atoms with Crippen LogP contribution in [0.2, 0.25) is 0 Å². The second kappa shape index (κ2) is 7.69. The Morgan fingerprint density at radius 2 is 1.77 bits per heavy atom. The number of amides is 3. The van der Waals surface area contributed by atoms with E-state index in [4.69, 9.17) is 0 Å². The lowest BCUT2D eigenvalue weighted by Gasteiger charge is -2.43. The Bertz CT molecular complexity index is 990. The van der Waals surface area contributed by atoms with E-state index in [0.717, 1.165) is 17.8 Å². The van der Waals surface area contributed by atoms with Gasteiger partial charge in [0.2, 0.25) is 5.91 Å². The molecule has 2 aromatic carbocycles. The first kappa shape index (κ1) is 19.7. The van der Waals surface area contributed by atoms with Crippen molar-refractivity contribution in [2.24, 2.45) is 5.18 Å². The molecular weight excluding hydrogens is 396 g/mol. The average molecular weight is 415 g/mol. The predicted molar refractivity (Wildman–Crippen MR) is 106 cm³/mol. The predicted octanol–water partition coefficient (Wildman–Crippen LogP) is 3.67. The summed E-state index contributed by atoms with van der Waals surface area (Å²) in [5.74, 6) is -2.36. The minimum absolute atomic E-state index is 0.0940. The van der Waals surface area contributed by atoms with Crippen LogP contribution in [0.15, 0.2) is 47.6 Å². The number of hydrogen-bond donors (Lipinski definition) is 2. The van der Waals surface area contributed by atoms with E-state index < -0.39 is 23.2 Å². The first-order valence-corrected chi connectivity index (χ1v) is 9.44. The lowest BCUT2D eigenvalue weighted by atomic mass is 9.84. The number of rotatable bonds is 3. The van der Waals surface area contributed by atoms with Crippen LogP contribution < -0.4 is 15.6 Å². The molecule has 0 aromatic heterocycles. The summed E-state index contributed by atoms with van der Waals surface area (Å²) in [6.07, 6.45) is 1.23. The van der Waals surface area contributed by atoms with Gasteiger partial charge in [0.05, 0.1) is 12.0 Å². The fraction of sp³-hybridized carbons (Fsp3) is 0.300. The van der Waals surface area contributed by atoms with Gasteiger partial charge in [-0.3, -0.25) is 10.2 Å². The molecule has 2 aliphatic rings. The minimum Gasteiger partial charge on any atom is -0.371 e. The molecule has 10 heteroatoms. The van der Waals surface area contributed by atoms with Gasteiger partial charge in [-0.1, -0.05) is 0 Å². The van der Waals surface area contributed by atoms with Gasteiger partial charge in [-0.25, -0.2) is 18.6 Å². The first-order chi connectivity index (χ1) is 14.4. The Hall–Kier alpha value is -3.56. The van der Waals surface area contributed by atoms with Gasteiger partial charge in [0.15, 0.2) is 11.6 Å². The fourth-order valence-electron chi connectivity index (χ4n) is 3.99. The Morgan fingerprint density at radius 3 is 2.40 bits per heavy atom. The number of carbonyl (C=O) groups is 2. The lowest BCUT2D eigenvalue weighted by Crippen LogP contribution is -2.58. The molecule has 0 aliphatic carbocycles. The SMILES string of the molecule is O=Nc1ccc(N2CCC3(CC2)CC(=O)NN3C(=O)Nc2ccc(F)c(F)c2)cc1. The quantitative estimate of drug-likeness (QED) is 0.748. The lowest BCUT2D eigenvalue weighted by molar-refractivity contribution is -0.120. The standard InChI is InChI=1S/C20H19F2N5O3/c21-16-6-3-14(11-17(16)22)23-19(29)27-20(12-18(28)24-27)7-9-26(10-8-20)15-4-1-13(25-30)2-5-15/h1-6,11H,7-10,12H2,(H,23,29)(H,24,28). The number of piperidine rings is 1. The van der Waals surface area contributed by atoms with Gasteiger partial charge in [-0.05, 0) is 54.4 Å². The number of halogens is 2. The number of urea groups is 1. The minimum atomic E-state index is -1.07. The Labute approximate surface area is 170 Å². The summed E-state index contributed by atoms with van der Waals surface area (Å²) in [5.41, 5.74) is 3.23. The van der Waals surface area contributed by atoms with E-state index in [9.17, 15) is 23.3 Å². The van der Waals surface area contributed by atoms with Crippen molar-refractivity contribution < 1.29 is 18.4 Å². The molecule has 0 bridgehead atoms. The van der Waals surface area contributed by atoms with Crippen molar-refractivity contribution in [3.8, 4) is 0 Å². The zero-order chi connectivity index (χ0) is 21.3. The number of hydrogen-bond acceptors (Lipinski definition) is 5. The highest BCUT2D eigenvalue weighted by Gasteiger charge is 2.49. The third-order valence-corrected chi connectivity index (χ3v) is 5.59. The largest absolute Gasteiger partial charge is 0.371 e. The van der Waals surface area contributed by atoms with E-state index in [-0.39, 0.29) is 18.0 Å². The zero-order valence-corrected chi connectivity index (χ0v) is 15.9. The van der Waals surface area contributed by atoms with Gasteiger partial charge in [-0.15, -0.1) is 4.91 Å². The van der Waals surface area contributed by atoms with E-state index in [1.54, 1.807) is 24.3 Å². The van der Waals surface area contributed by atoms with Crippen molar-refractivity contribution >= 4 is 29.0 Å². The van der Waals surface area contributed by atoms with Crippen molar-refractivity contribution in [2.45, 2.75) is 24.8 Å². The number of hydrazine groups is 1. The molecule has 30 heavy (non-hydrogen) atoms. The summed E-state index contributed by atoms with van der Waals surface area (Å²) in [5, 5.41) is 6.67. The molecule has 2 fully saturated rings. The maximum absolute atomic E-state index is 13.4. The highest BCUT2D eigenvalue weighted by atomic mass is 19.2. The second-order valence-corrected chi connectivity index (χ2v) is 7.43. The highest BCUT2D eigenvalue weighted by molar-refractivity contribution is 5.94. The normalized spacial score (nSPS) is 17.7.